The number of benzene rings is 1. The minimum Gasteiger partial charge on any atom is -0.481 e. The van der Waals surface area contributed by atoms with Gasteiger partial charge in [-0.05, 0) is 25.0 Å². The molecule has 2 rings (SSSR count). The molecule has 0 aromatic heterocycles. The van der Waals surface area contributed by atoms with Gasteiger partial charge in [-0.15, -0.1) is 0 Å². The van der Waals surface area contributed by atoms with Crippen molar-refractivity contribution in [3.63, 3.8) is 0 Å². The van der Waals surface area contributed by atoms with E-state index in [2.05, 4.69) is 0 Å². The van der Waals surface area contributed by atoms with Crippen LogP contribution in [0.2, 0.25) is 0 Å². The normalized spacial score (nSPS) is 15.9. The number of rotatable bonds is 4. The largest absolute Gasteiger partial charge is 0.481 e. The van der Waals surface area contributed by atoms with Crippen molar-refractivity contribution in [1.82, 2.24) is 4.90 Å². The lowest BCUT2D eigenvalue weighted by Gasteiger charge is -2.30. The van der Waals surface area contributed by atoms with Crippen LogP contribution in [-0.2, 0) is 9.59 Å². The number of carboxylic acid groups (broad SMARTS) is 1. The van der Waals surface area contributed by atoms with Crippen molar-refractivity contribution < 1.29 is 23.8 Å². The number of nitrogens with zero attached hydrogens (tertiary/aromatic N) is 1. The van der Waals surface area contributed by atoms with E-state index in [1.54, 1.807) is 17.0 Å². The number of halogens is 1. The fourth-order valence-corrected chi connectivity index (χ4v) is 2.17. The van der Waals surface area contributed by atoms with Crippen LogP contribution < -0.4 is 4.74 Å². The summed E-state index contributed by atoms with van der Waals surface area (Å²) in [4.78, 5) is 24.3. The van der Waals surface area contributed by atoms with Crippen molar-refractivity contribution >= 4 is 11.9 Å². The highest BCUT2D eigenvalue weighted by Gasteiger charge is 2.27. The zero-order valence-corrected chi connectivity index (χ0v) is 10.9. The zero-order chi connectivity index (χ0) is 14.5. The molecule has 1 N–H and O–H groups in total. The molecule has 1 fully saturated rings. The van der Waals surface area contributed by atoms with Crippen molar-refractivity contribution in [3.8, 4) is 5.75 Å². The highest BCUT2D eigenvalue weighted by atomic mass is 19.1. The Bertz CT molecular complexity index is 498. The molecule has 0 radical (unpaired) electrons. The molecule has 1 aliphatic heterocycles. The summed E-state index contributed by atoms with van der Waals surface area (Å²) >= 11 is 0. The van der Waals surface area contributed by atoms with Crippen molar-refractivity contribution in [2.24, 2.45) is 5.92 Å². The van der Waals surface area contributed by atoms with E-state index >= 15 is 0 Å². The second kappa shape index (κ2) is 6.36. The molecule has 0 unspecified atom stereocenters. The average Bonchev–Trinajstić information content (AvgIpc) is 2.46. The van der Waals surface area contributed by atoms with Crippen LogP contribution >= 0.6 is 0 Å². The number of hydrogen-bond donors (Lipinski definition) is 1. The molecule has 1 amide bonds. The van der Waals surface area contributed by atoms with E-state index in [-0.39, 0.29) is 24.2 Å². The van der Waals surface area contributed by atoms with Gasteiger partial charge in [0.2, 0.25) is 0 Å². The maximum Gasteiger partial charge on any atom is 0.306 e. The zero-order valence-electron chi connectivity index (χ0n) is 10.9. The van der Waals surface area contributed by atoms with Crippen molar-refractivity contribution in [3.05, 3.63) is 30.1 Å². The van der Waals surface area contributed by atoms with Gasteiger partial charge in [0.15, 0.2) is 18.2 Å². The smallest absolute Gasteiger partial charge is 0.306 e. The van der Waals surface area contributed by atoms with Gasteiger partial charge in [-0.1, -0.05) is 12.1 Å². The van der Waals surface area contributed by atoms with E-state index in [1.807, 2.05) is 0 Å². The Balaban J connectivity index is 1.82. The standard InChI is InChI=1S/C14H16FNO4/c15-11-3-1-2-4-12(11)20-9-13(17)16-7-5-10(6-8-16)14(18)19/h1-4,10H,5-9H2,(H,18,19). The minimum atomic E-state index is -0.820. The second-order valence-corrected chi connectivity index (χ2v) is 4.71. The Kier molecular flexibility index (Phi) is 4.55. The Morgan fingerprint density at radius 1 is 1.30 bits per heavy atom. The first kappa shape index (κ1) is 14.3. The third kappa shape index (κ3) is 3.46. The van der Waals surface area contributed by atoms with E-state index in [0.717, 1.165) is 0 Å². The summed E-state index contributed by atoms with van der Waals surface area (Å²) in [5.41, 5.74) is 0. The van der Waals surface area contributed by atoms with Crippen LogP contribution in [0.3, 0.4) is 0 Å². The SMILES string of the molecule is O=C(O)C1CCN(C(=O)COc2ccccc2F)CC1. The van der Waals surface area contributed by atoms with Crippen LogP contribution in [0.15, 0.2) is 24.3 Å². The van der Waals surface area contributed by atoms with Crippen LogP contribution in [-0.4, -0.2) is 41.6 Å². The van der Waals surface area contributed by atoms with Crippen molar-refractivity contribution in [2.75, 3.05) is 19.7 Å². The monoisotopic (exact) mass is 281 g/mol. The van der Waals surface area contributed by atoms with Crippen LogP contribution in [0.1, 0.15) is 12.8 Å². The first-order valence-electron chi connectivity index (χ1n) is 6.46. The van der Waals surface area contributed by atoms with E-state index in [9.17, 15) is 14.0 Å². The fraction of sp³-hybridized carbons (Fsp3) is 0.429. The molecular formula is C14H16FNO4. The molecule has 1 aromatic carbocycles. The number of carbonyl (C=O) groups excluding carboxylic acids is 1. The number of carboxylic acids is 1. The van der Waals surface area contributed by atoms with Gasteiger partial charge in [0.25, 0.3) is 5.91 Å². The summed E-state index contributed by atoms with van der Waals surface area (Å²) in [5.74, 6) is -1.92. The number of para-hydroxylation sites is 1. The van der Waals surface area contributed by atoms with Crippen LogP contribution in [0.25, 0.3) is 0 Å². The van der Waals surface area contributed by atoms with Gasteiger partial charge in [0.1, 0.15) is 0 Å². The number of aliphatic carboxylic acids is 1. The number of hydrogen-bond acceptors (Lipinski definition) is 3. The third-order valence-electron chi connectivity index (χ3n) is 3.38. The van der Waals surface area contributed by atoms with Gasteiger partial charge in [-0.25, -0.2) is 4.39 Å². The number of piperidine rings is 1. The molecule has 6 heteroatoms. The molecule has 1 saturated heterocycles. The first-order valence-corrected chi connectivity index (χ1v) is 6.46. The molecule has 108 valence electrons. The van der Waals surface area contributed by atoms with Gasteiger partial charge in [-0.3, -0.25) is 9.59 Å². The molecule has 0 saturated carbocycles. The minimum absolute atomic E-state index is 0.0428. The molecule has 1 aromatic rings. The van der Waals surface area contributed by atoms with Gasteiger partial charge in [0.05, 0.1) is 5.92 Å². The van der Waals surface area contributed by atoms with Crippen LogP contribution in [0.4, 0.5) is 4.39 Å². The lowest BCUT2D eigenvalue weighted by Crippen LogP contribution is -2.42. The molecule has 0 spiro atoms. The number of likely N-dealkylation sites (tertiary alicyclic amines) is 1. The molecule has 1 aliphatic rings. The maximum atomic E-state index is 13.3. The molecule has 5 nitrogen and oxygen atoms in total. The number of carbonyl (C=O) groups is 2. The molecular weight excluding hydrogens is 265 g/mol. The molecule has 0 bridgehead atoms. The predicted molar refractivity (Wildman–Crippen MR) is 68.8 cm³/mol. The number of amides is 1. The molecule has 0 aliphatic carbocycles. The Hall–Kier alpha value is -2.11. The molecule has 20 heavy (non-hydrogen) atoms. The lowest BCUT2D eigenvalue weighted by molar-refractivity contribution is -0.146. The highest BCUT2D eigenvalue weighted by molar-refractivity contribution is 5.78. The molecule has 0 atom stereocenters. The summed E-state index contributed by atoms with van der Waals surface area (Å²) in [6.45, 7) is 0.561. The summed E-state index contributed by atoms with van der Waals surface area (Å²) in [6.07, 6.45) is 0.890. The van der Waals surface area contributed by atoms with E-state index in [1.165, 1.54) is 12.1 Å². The highest BCUT2D eigenvalue weighted by Crippen LogP contribution is 2.18. The first-order chi connectivity index (χ1) is 9.58. The lowest BCUT2D eigenvalue weighted by atomic mass is 9.97. The summed E-state index contributed by atoms with van der Waals surface area (Å²) in [5, 5.41) is 8.88. The Morgan fingerprint density at radius 2 is 1.95 bits per heavy atom. The van der Waals surface area contributed by atoms with Crippen LogP contribution in [0.5, 0.6) is 5.75 Å². The van der Waals surface area contributed by atoms with E-state index < -0.39 is 11.8 Å². The number of ether oxygens (including phenoxy) is 1. The molecule has 1 heterocycles. The van der Waals surface area contributed by atoms with Crippen molar-refractivity contribution in [1.29, 1.82) is 0 Å². The quantitative estimate of drug-likeness (QED) is 0.908. The summed E-state index contributed by atoms with van der Waals surface area (Å²) < 4.78 is 18.5. The second-order valence-electron chi connectivity index (χ2n) is 4.71. The average molecular weight is 281 g/mol. The van der Waals surface area contributed by atoms with Crippen molar-refractivity contribution in [2.45, 2.75) is 12.8 Å². The Labute approximate surface area is 116 Å². The summed E-state index contributed by atoms with van der Waals surface area (Å²) in [6, 6.07) is 5.89. The Morgan fingerprint density at radius 3 is 2.55 bits per heavy atom. The third-order valence-corrected chi connectivity index (χ3v) is 3.38. The van der Waals surface area contributed by atoms with Crippen LogP contribution in [0, 0.1) is 11.7 Å². The van der Waals surface area contributed by atoms with E-state index in [0.29, 0.717) is 25.9 Å². The summed E-state index contributed by atoms with van der Waals surface area (Å²) in [7, 11) is 0. The fourth-order valence-electron chi connectivity index (χ4n) is 2.17. The maximum absolute atomic E-state index is 13.3. The van der Waals surface area contributed by atoms with Gasteiger partial charge < -0.3 is 14.7 Å². The van der Waals surface area contributed by atoms with E-state index in [4.69, 9.17) is 9.84 Å². The van der Waals surface area contributed by atoms with Gasteiger partial charge in [0, 0.05) is 13.1 Å². The van der Waals surface area contributed by atoms with Gasteiger partial charge >= 0.3 is 5.97 Å². The predicted octanol–water partition coefficient (Wildman–Crippen LogP) is 1.53. The topological polar surface area (TPSA) is 66.8 Å². The van der Waals surface area contributed by atoms with Gasteiger partial charge in [-0.2, -0.15) is 0 Å².